The first-order valence-corrected chi connectivity index (χ1v) is 3.72. The summed E-state index contributed by atoms with van der Waals surface area (Å²) in [6.45, 7) is 5.58. The Morgan fingerprint density at radius 3 is 2.60 bits per heavy atom. The second kappa shape index (κ2) is 5.45. The highest BCUT2D eigenvalue weighted by Gasteiger charge is 2.12. The molecule has 0 aromatic rings. The third-order valence-electron chi connectivity index (χ3n) is 1.67. The number of rotatable bonds is 5. The highest BCUT2D eigenvalue weighted by atomic mass is 16.3. The van der Waals surface area contributed by atoms with Gasteiger partial charge in [0.25, 0.3) is 0 Å². The van der Waals surface area contributed by atoms with Gasteiger partial charge < -0.3 is 10.4 Å². The van der Waals surface area contributed by atoms with Crippen LogP contribution in [0, 0.1) is 0 Å². The van der Waals surface area contributed by atoms with Gasteiger partial charge in [-0.1, -0.05) is 13.0 Å². The van der Waals surface area contributed by atoms with Crippen LogP contribution in [0.25, 0.3) is 0 Å². The average Bonchev–Trinajstić information content (AvgIpc) is 1.99. The molecule has 0 saturated carbocycles. The molecule has 0 aliphatic heterocycles. The monoisotopic (exact) mass is 143 g/mol. The van der Waals surface area contributed by atoms with E-state index in [1.165, 1.54) is 0 Å². The van der Waals surface area contributed by atoms with Crippen LogP contribution < -0.4 is 5.32 Å². The molecule has 10 heavy (non-hydrogen) atoms. The Kier molecular flexibility index (Phi) is 5.26. The zero-order chi connectivity index (χ0) is 7.98. The molecule has 60 valence electrons. The van der Waals surface area contributed by atoms with Gasteiger partial charge in [-0.2, -0.15) is 0 Å². The Labute approximate surface area is 62.9 Å². The van der Waals surface area contributed by atoms with Gasteiger partial charge in [0, 0.05) is 6.04 Å². The zero-order valence-electron chi connectivity index (χ0n) is 6.80. The van der Waals surface area contributed by atoms with E-state index in [-0.39, 0.29) is 12.1 Å². The second-order valence-electron chi connectivity index (χ2n) is 2.40. The lowest BCUT2D eigenvalue weighted by atomic mass is 10.1. The van der Waals surface area contributed by atoms with Gasteiger partial charge in [0.05, 0.1) is 6.10 Å². The van der Waals surface area contributed by atoms with Gasteiger partial charge in [0.2, 0.25) is 0 Å². The summed E-state index contributed by atoms with van der Waals surface area (Å²) in [7, 11) is 1.85. The van der Waals surface area contributed by atoms with Gasteiger partial charge in [-0.05, 0) is 19.9 Å². The highest BCUT2D eigenvalue weighted by molar-refractivity contribution is 4.81. The summed E-state index contributed by atoms with van der Waals surface area (Å²) in [5.74, 6) is 0. The van der Waals surface area contributed by atoms with E-state index in [4.69, 9.17) is 0 Å². The molecule has 2 heteroatoms. The summed E-state index contributed by atoms with van der Waals surface area (Å²) >= 11 is 0. The Morgan fingerprint density at radius 2 is 2.30 bits per heavy atom. The maximum Gasteiger partial charge on any atom is 0.0693 e. The minimum atomic E-state index is -0.247. The molecule has 0 saturated heterocycles. The van der Waals surface area contributed by atoms with E-state index < -0.39 is 0 Å². The number of hydrogen-bond donors (Lipinski definition) is 2. The van der Waals surface area contributed by atoms with E-state index in [0.717, 1.165) is 12.8 Å². The van der Waals surface area contributed by atoms with E-state index in [9.17, 15) is 5.11 Å². The summed E-state index contributed by atoms with van der Waals surface area (Å²) in [4.78, 5) is 0. The van der Waals surface area contributed by atoms with E-state index in [1.807, 2.05) is 20.0 Å². The topological polar surface area (TPSA) is 32.3 Å². The average molecular weight is 143 g/mol. The van der Waals surface area contributed by atoms with Crippen molar-refractivity contribution in [1.82, 2.24) is 5.32 Å². The Balaban J connectivity index is 3.67. The number of nitrogens with one attached hydrogen (secondary N) is 1. The van der Waals surface area contributed by atoms with Gasteiger partial charge in [0.1, 0.15) is 0 Å². The highest BCUT2D eigenvalue weighted by Crippen LogP contribution is 2.02. The van der Waals surface area contributed by atoms with Crippen LogP contribution in [-0.2, 0) is 0 Å². The largest absolute Gasteiger partial charge is 0.392 e. The fourth-order valence-corrected chi connectivity index (χ4v) is 0.931. The summed E-state index contributed by atoms with van der Waals surface area (Å²) < 4.78 is 0. The molecule has 0 spiro atoms. The predicted molar refractivity (Wildman–Crippen MR) is 44.0 cm³/mol. The van der Waals surface area contributed by atoms with Crippen LogP contribution in [0.3, 0.4) is 0 Å². The summed E-state index contributed by atoms with van der Waals surface area (Å²) in [6.07, 6.45) is 3.19. The van der Waals surface area contributed by atoms with Crippen LogP contribution in [0.2, 0.25) is 0 Å². The molecule has 0 amide bonds. The van der Waals surface area contributed by atoms with E-state index in [2.05, 4.69) is 11.9 Å². The van der Waals surface area contributed by atoms with Gasteiger partial charge in [-0.3, -0.25) is 0 Å². The van der Waals surface area contributed by atoms with Gasteiger partial charge in [0.15, 0.2) is 0 Å². The molecule has 2 nitrogen and oxygen atoms in total. The van der Waals surface area contributed by atoms with Gasteiger partial charge >= 0.3 is 0 Å². The normalized spacial score (nSPS) is 16.3. The lowest BCUT2D eigenvalue weighted by Crippen LogP contribution is -2.36. The van der Waals surface area contributed by atoms with Crippen molar-refractivity contribution < 1.29 is 5.11 Å². The maximum atomic E-state index is 9.34. The third-order valence-corrected chi connectivity index (χ3v) is 1.67. The van der Waals surface area contributed by atoms with Crippen molar-refractivity contribution >= 4 is 0 Å². The minimum Gasteiger partial charge on any atom is -0.392 e. The third kappa shape index (κ3) is 2.99. The number of likely N-dealkylation sites (N-methyl/N-ethyl adjacent to an activating group) is 1. The number of hydrogen-bond acceptors (Lipinski definition) is 2. The zero-order valence-corrected chi connectivity index (χ0v) is 6.80. The van der Waals surface area contributed by atoms with Crippen molar-refractivity contribution in [3.05, 3.63) is 12.7 Å². The molecule has 0 aromatic carbocycles. The van der Waals surface area contributed by atoms with E-state index in [0.29, 0.717) is 0 Å². The van der Waals surface area contributed by atoms with Crippen LogP contribution in [0.15, 0.2) is 12.7 Å². The van der Waals surface area contributed by atoms with Crippen molar-refractivity contribution in [1.29, 1.82) is 0 Å². The first kappa shape index (κ1) is 9.66. The Bertz CT molecular complexity index is 93.3. The summed E-state index contributed by atoms with van der Waals surface area (Å²) in [5, 5.41) is 12.4. The predicted octanol–water partition coefficient (Wildman–Crippen LogP) is 0.921. The SMILES string of the molecule is C=CC[C@@H](NC)[C@H](O)CC. The molecular weight excluding hydrogens is 126 g/mol. The Hall–Kier alpha value is -0.340. The first-order valence-electron chi connectivity index (χ1n) is 3.72. The Morgan fingerprint density at radius 1 is 1.70 bits per heavy atom. The molecule has 2 atom stereocenters. The van der Waals surface area contributed by atoms with Gasteiger partial charge in [-0.15, -0.1) is 6.58 Å². The van der Waals surface area contributed by atoms with E-state index in [1.54, 1.807) is 0 Å². The second-order valence-corrected chi connectivity index (χ2v) is 2.40. The number of aliphatic hydroxyl groups is 1. The molecule has 2 N–H and O–H groups in total. The molecule has 0 aromatic heterocycles. The first-order chi connectivity index (χ1) is 4.76. The maximum absolute atomic E-state index is 9.34. The van der Waals surface area contributed by atoms with Crippen LogP contribution >= 0.6 is 0 Å². The van der Waals surface area contributed by atoms with Gasteiger partial charge in [-0.25, -0.2) is 0 Å². The fraction of sp³-hybridized carbons (Fsp3) is 0.750. The van der Waals surface area contributed by atoms with Crippen molar-refractivity contribution in [2.24, 2.45) is 0 Å². The van der Waals surface area contributed by atoms with Crippen molar-refractivity contribution in [3.8, 4) is 0 Å². The lowest BCUT2D eigenvalue weighted by molar-refractivity contribution is 0.128. The molecule has 0 fully saturated rings. The molecule has 0 rings (SSSR count). The van der Waals surface area contributed by atoms with Crippen LogP contribution in [-0.4, -0.2) is 24.3 Å². The molecule has 0 aliphatic carbocycles. The van der Waals surface area contributed by atoms with Crippen LogP contribution in [0.4, 0.5) is 0 Å². The molecule has 0 aliphatic rings. The minimum absolute atomic E-state index is 0.169. The van der Waals surface area contributed by atoms with Crippen molar-refractivity contribution in [3.63, 3.8) is 0 Å². The van der Waals surface area contributed by atoms with Crippen LogP contribution in [0.5, 0.6) is 0 Å². The summed E-state index contributed by atoms with van der Waals surface area (Å²) in [5.41, 5.74) is 0. The molecule has 0 bridgehead atoms. The standard InChI is InChI=1S/C8H17NO/c1-4-6-7(9-3)8(10)5-2/h4,7-10H,1,5-6H2,2-3H3/t7-,8-/m1/s1. The van der Waals surface area contributed by atoms with Crippen molar-refractivity contribution in [2.45, 2.75) is 31.9 Å². The molecule has 0 radical (unpaired) electrons. The van der Waals surface area contributed by atoms with E-state index >= 15 is 0 Å². The fourth-order valence-electron chi connectivity index (χ4n) is 0.931. The smallest absolute Gasteiger partial charge is 0.0693 e. The quantitative estimate of drug-likeness (QED) is 0.561. The molecular formula is C8H17NO. The van der Waals surface area contributed by atoms with Crippen molar-refractivity contribution in [2.75, 3.05) is 7.05 Å². The molecule has 0 unspecified atom stereocenters. The van der Waals surface area contributed by atoms with Crippen LogP contribution in [0.1, 0.15) is 19.8 Å². The number of aliphatic hydroxyl groups excluding tert-OH is 1. The lowest BCUT2D eigenvalue weighted by Gasteiger charge is -2.19. The molecule has 0 heterocycles. The summed E-state index contributed by atoms with van der Waals surface area (Å²) in [6, 6.07) is 0.169.